The van der Waals surface area contributed by atoms with Gasteiger partial charge in [-0.05, 0) is 73.9 Å². The Morgan fingerprint density at radius 2 is 1.23 bits per heavy atom. The van der Waals surface area contributed by atoms with Gasteiger partial charge in [0.2, 0.25) is 0 Å². The van der Waals surface area contributed by atoms with Gasteiger partial charge in [-0.2, -0.15) is 0 Å². The van der Waals surface area contributed by atoms with Crippen LogP contribution in [0.3, 0.4) is 0 Å². The van der Waals surface area contributed by atoms with Gasteiger partial charge in [0.15, 0.2) is 0 Å². The Balaban J connectivity index is 1.97. The zero-order valence-electron chi connectivity index (χ0n) is 16.2. The van der Waals surface area contributed by atoms with Crippen LogP contribution in [-0.4, -0.2) is 7.85 Å². The molecule has 0 amide bonds. The van der Waals surface area contributed by atoms with Gasteiger partial charge in [-0.3, -0.25) is 0 Å². The quantitative estimate of drug-likeness (QED) is 0.366. The highest BCUT2D eigenvalue weighted by atomic mass is 14.4. The lowest BCUT2D eigenvalue weighted by Gasteiger charge is -2.29. The first-order valence-corrected chi connectivity index (χ1v) is 9.88. The number of fused-ring (bicyclic) bond motifs is 6. The van der Waals surface area contributed by atoms with E-state index in [0.29, 0.717) is 0 Å². The Kier molecular flexibility index (Phi) is 3.29. The molecule has 0 saturated heterocycles. The second-order valence-electron chi connectivity index (χ2n) is 8.83. The summed E-state index contributed by atoms with van der Waals surface area (Å²) in [5, 5.41) is 0. The maximum atomic E-state index is 2.39. The van der Waals surface area contributed by atoms with Gasteiger partial charge in [0, 0.05) is 0 Å². The van der Waals surface area contributed by atoms with Crippen LogP contribution >= 0.6 is 0 Å². The summed E-state index contributed by atoms with van der Waals surface area (Å²) in [7, 11) is 2.33. The largest absolute Gasteiger partial charge is 0.107 e. The standard InChI is InChI=1S/C25H25B/c1-25(2,3)24-22-17-10-6-4-8-15(17)12-19(22)21(14-26)20-13-16-9-5-7-11-18(16)23(20)24/h4-11H,12-14,26H2,1-3H3. The van der Waals surface area contributed by atoms with Crippen molar-refractivity contribution in [2.75, 3.05) is 0 Å². The molecule has 0 N–H and O–H groups in total. The van der Waals surface area contributed by atoms with Gasteiger partial charge >= 0.3 is 0 Å². The molecule has 128 valence electrons. The molecule has 0 spiro atoms. The summed E-state index contributed by atoms with van der Waals surface area (Å²) in [5.41, 5.74) is 15.5. The predicted octanol–water partition coefficient (Wildman–Crippen LogP) is 5.26. The third-order valence-corrected chi connectivity index (χ3v) is 6.24. The fraction of sp³-hybridized carbons (Fsp3) is 0.280. The van der Waals surface area contributed by atoms with E-state index in [1.165, 1.54) is 22.3 Å². The van der Waals surface area contributed by atoms with E-state index >= 15 is 0 Å². The van der Waals surface area contributed by atoms with Crippen molar-refractivity contribution in [3.8, 4) is 22.3 Å². The molecule has 0 bridgehead atoms. The van der Waals surface area contributed by atoms with Crippen molar-refractivity contribution in [3.05, 3.63) is 81.9 Å². The van der Waals surface area contributed by atoms with Crippen molar-refractivity contribution in [1.82, 2.24) is 0 Å². The lowest BCUT2D eigenvalue weighted by Crippen LogP contribution is -2.17. The van der Waals surface area contributed by atoms with Crippen LogP contribution in [0.15, 0.2) is 48.5 Å². The van der Waals surface area contributed by atoms with Crippen molar-refractivity contribution in [3.63, 3.8) is 0 Å². The minimum atomic E-state index is 0.120. The predicted molar refractivity (Wildman–Crippen MR) is 114 cm³/mol. The van der Waals surface area contributed by atoms with Gasteiger partial charge < -0.3 is 0 Å². The lowest BCUT2D eigenvalue weighted by atomic mass is 9.73. The second-order valence-corrected chi connectivity index (χ2v) is 8.83. The van der Waals surface area contributed by atoms with Crippen molar-refractivity contribution >= 4 is 7.85 Å². The second kappa shape index (κ2) is 5.36. The van der Waals surface area contributed by atoms with Crippen molar-refractivity contribution in [2.24, 2.45) is 0 Å². The third-order valence-electron chi connectivity index (χ3n) is 6.24. The molecule has 2 aliphatic carbocycles. The Morgan fingerprint density at radius 3 is 1.65 bits per heavy atom. The SMILES string of the molecule is BCc1c2c(c(C(C)(C)C)c3c1Cc1ccccc1-3)-c1ccccc1C2. The molecular weight excluding hydrogens is 311 g/mol. The number of rotatable bonds is 1. The van der Waals surface area contributed by atoms with Gasteiger partial charge in [-0.15, -0.1) is 0 Å². The number of hydrogen-bond acceptors (Lipinski definition) is 0. The average Bonchev–Trinajstić information content (AvgIpc) is 3.17. The van der Waals surface area contributed by atoms with Crippen LogP contribution in [0.2, 0.25) is 0 Å². The molecule has 3 aromatic rings. The summed E-state index contributed by atoms with van der Waals surface area (Å²) < 4.78 is 0. The van der Waals surface area contributed by atoms with Crippen LogP contribution in [0.1, 0.15) is 54.2 Å². The van der Waals surface area contributed by atoms with Crippen LogP contribution in [0.25, 0.3) is 22.3 Å². The Bertz CT molecular complexity index is 976. The third kappa shape index (κ3) is 2.03. The molecule has 0 fully saturated rings. The number of hydrogen-bond donors (Lipinski definition) is 0. The van der Waals surface area contributed by atoms with E-state index < -0.39 is 0 Å². The first-order chi connectivity index (χ1) is 12.5. The molecule has 2 aliphatic rings. The first-order valence-electron chi connectivity index (χ1n) is 9.88. The fourth-order valence-corrected chi connectivity index (χ4v) is 5.29. The Labute approximate surface area is 157 Å². The molecule has 1 heteroatoms. The van der Waals surface area contributed by atoms with Crippen molar-refractivity contribution in [2.45, 2.75) is 45.3 Å². The monoisotopic (exact) mass is 336 g/mol. The van der Waals surface area contributed by atoms with Crippen LogP contribution < -0.4 is 0 Å². The van der Waals surface area contributed by atoms with Crippen LogP contribution in [-0.2, 0) is 24.6 Å². The van der Waals surface area contributed by atoms with Gasteiger partial charge in [0.05, 0.1) is 0 Å². The van der Waals surface area contributed by atoms with E-state index in [0.717, 1.165) is 19.2 Å². The first kappa shape index (κ1) is 15.9. The van der Waals surface area contributed by atoms with Gasteiger partial charge in [-0.1, -0.05) is 75.6 Å². The highest BCUT2D eigenvalue weighted by Gasteiger charge is 2.36. The van der Waals surface area contributed by atoms with Crippen molar-refractivity contribution < 1.29 is 0 Å². The van der Waals surface area contributed by atoms with Gasteiger partial charge in [-0.25, -0.2) is 0 Å². The van der Waals surface area contributed by atoms with Crippen LogP contribution in [0.4, 0.5) is 0 Å². The molecular formula is C25H25B. The molecule has 5 rings (SSSR count). The van der Waals surface area contributed by atoms with E-state index in [1.807, 2.05) is 0 Å². The molecule has 26 heavy (non-hydrogen) atoms. The topological polar surface area (TPSA) is 0 Å². The summed E-state index contributed by atoms with van der Waals surface area (Å²) in [5.74, 6) is 0. The fourth-order valence-electron chi connectivity index (χ4n) is 5.29. The molecule has 0 aliphatic heterocycles. The van der Waals surface area contributed by atoms with Crippen LogP contribution in [0.5, 0.6) is 0 Å². The van der Waals surface area contributed by atoms with Gasteiger partial charge in [0.1, 0.15) is 7.85 Å². The molecule has 0 aromatic heterocycles. The van der Waals surface area contributed by atoms with E-state index in [-0.39, 0.29) is 5.41 Å². The maximum absolute atomic E-state index is 2.39. The normalized spacial score (nSPS) is 14.0. The maximum Gasteiger partial charge on any atom is 0.107 e. The van der Waals surface area contributed by atoms with E-state index in [1.54, 1.807) is 33.4 Å². The smallest absolute Gasteiger partial charge is 0.0619 e. The Morgan fingerprint density at radius 1 is 0.769 bits per heavy atom. The molecule has 3 aromatic carbocycles. The summed E-state index contributed by atoms with van der Waals surface area (Å²) in [4.78, 5) is 0. The molecule has 0 heterocycles. The molecule has 0 saturated carbocycles. The molecule has 0 unspecified atom stereocenters. The van der Waals surface area contributed by atoms with Crippen molar-refractivity contribution in [1.29, 1.82) is 0 Å². The zero-order chi connectivity index (χ0) is 18.1. The molecule has 0 radical (unpaired) electrons. The highest BCUT2D eigenvalue weighted by molar-refractivity contribution is 6.09. The Hall–Kier alpha value is -2.28. The number of benzene rings is 3. The van der Waals surface area contributed by atoms with E-state index in [2.05, 4.69) is 77.1 Å². The minimum absolute atomic E-state index is 0.120. The van der Waals surface area contributed by atoms with E-state index in [4.69, 9.17) is 0 Å². The lowest BCUT2D eigenvalue weighted by molar-refractivity contribution is 0.593. The molecule has 0 nitrogen and oxygen atoms in total. The summed E-state index contributed by atoms with van der Waals surface area (Å²) in [6.45, 7) is 7.16. The summed E-state index contributed by atoms with van der Waals surface area (Å²) in [6, 6.07) is 18.1. The van der Waals surface area contributed by atoms with Gasteiger partial charge in [0.25, 0.3) is 0 Å². The minimum Gasteiger partial charge on any atom is -0.0619 e. The van der Waals surface area contributed by atoms with E-state index in [9.17, 15) is 0 Å². The van der Waals surface area contributed by atoms with Crippen LogP contribution in [0, 0.1) is 0 Å². The summed E-state index contributed by atoms with van der Waals surface area (Å²) in [6.07, 6.45) is 3.32. The highest BCUT2D eigenvalue weighted by Crippen LogP contribution is 2.53. The summed E-state index contributed by atoms with van der Waals surface area (Å²) >= 11 is 0. The molecule has 0 atom stereocenters. The zero-order valence-corrected chi connectivity index (χ0v) is 16.2. The average molecular weight is 336 g/mol.